The zero-order chi connectivity index (χ0) is 27.5. The van der Waals surface area contributed by atoms with Crippen LogP contribution in [0, 0.1) is 5.92 Å². The van der Waals surface area contributed by atoms with E-state index in [0.29, 0.717) is 51.1 Å². The van der Waals surface area contributed by atoms with Crippen LogP contribution in [0.2, 0.25) is 0 Å². The van der Waals surface area contributed by atoms with Crippen LogP contribution in [-0.2, 0) is 0 Å². The molecular formula is C30H28N4O4S. The first-order valence-corrected chi connectivity index (χ1v) is 13.6. The van der Waals surface area contributed by atoms with Crippen LogP contribution in [-0.4, -0.2) is 45.6 Å². The number of rotatable bonds is 9. The van der Waals surface area contributed by atoms with E-state index in [0.717, 1.165) is 10.9 Å². The van der Waals surface area contributed by atoms with Crippen LogP contribution in [0.5, 0.6) is 5.75 Å². The van der Waals surface area contributed by atoms with Crippen molar-refractivity contribution in [2.75, 3.05) is 19.4 Å². The molecule has 5 rings (SSSR count). The summed E-state index contributed by atoms with van der Waals surface area (Å²) >= 11 is 1.18. The van der Waals surface area contributed by atoms with E-state index >= 15 is 0 Å². The average Bonchev–Trinajstić information content (AvgIpc) is 3.39. The first-order valence-electron chi connectivity index (χ1n) is 12.6. The summed E-state index contributed by atoms with van der Waals surface area (Å²) in [6.07, 6.45) is 1.71. The average molecular weight is 541 g/mol. The van der Waals surface area contributed by atoms with Crippen molar-refractivity contribution in [1.29, 1.82) is 0 Å². The number of ketones is 1. The summed E-state index contributed by atoms with van der Waals surface area (Å²) in [5.41, 5.74) is 2.58. The van der Waals surface area contributed by atoms with Crippen molar-refractivity contribution < 1.29 is 14.3 Å². The molecule has 0 radical (unpaired) electrons. The zero-order valence-corrected chi connectivity index (χ0v) is 22.7. The van der Waals surface area contributed by atoms with Crippen molar-refractivity contribution >= 4 is 45.3 Å². The van der Waals surface area contributed by atoms with Gasteiger partial charge in [0.2, 0.25) is 0 Å². The number of carbonyl (C=O) groups excluding carboxylic acids is 2. The number of methoxy groups -OCH3 is 1. The standard InChI is InChI=1S/C30H28N4O4S/c1-18(2)15-32-28(36)19-8-13-23-26(14-19)33-30(34(29(23)37)20-9-11-21(38-3)12-10-20)39-17-27(35)24-16-31-25-7-5-4-6-22(24)25/h4-14,16,18,31H,15,17H2,1-3H3,(H,32,36). The van der Waals surface area contributed by atoms with Gasteiger partial charge in [-0.15, -0.1) is 0 Å². The molecule has 0 aliphatic heterocycles. The number of nitrogens with one attached hydrogen (secondary N) is 2. The molecule has 1 amide bonds. The second-order valence-electron chi connectivity index (χ2n) is 9.53. The van der Waals surface area contributed by atoms with Gasteiger partial charge in [0.15, 0.2) is 10.9 Å². The minimum atomic E-state index is -0.290. The molecule has 3 aromatic carbocycles. The van der Waals surface area contributed by atoms with Gasteiger partial charge in [0.05, 0.1) is 29.5 Å². The summed E-state index contributed by atoms with van der Waals surface area (Å²) in [5, 5.41) is 4.47. The van der Waals surface area contributed by atoms with Crippen LogP contribution in [0.15, 0.2) is 82.9 Å². The number of para-hydroxylation sites is 1. The highest BCUT2D eigenvalue weighted by atomic mass is 32.2. The highest BCUT2D eigenvalue weighted by Crippen LogP contribution is 2.26. The Morgan fingerprint density at radius 1 is 1.05 bits per heavy atom. The number of thioether (sulfide) groups is 1. The summed E-state index contributed by atoms with van der Waals surface area (Å²) < 4.78 is 6.76. The number of hydrogen-bond donors (Lipinski definition) is 2. The molecule has 0 spiro atoms. The molecule has 2 heterocycles. The largest absolute Gasteiger partial charge is 0.497 e. The normalized spacial score (nSPS) is 11.3. The first kappa shape index (κ1) is 26.2. The fraction of sp³-hybridized carbons (Fsp3) is 0.200. The number of H-pyrrole nitrogens is 1. The van der Waals surface area contributed by atoms with E-state index in [9.17, 15) is 14.4 Å². The number of Topliss-reactive ketones (excluding diaryl/α,β-unsaturated/α-hetero) is 1. The van der Waals surface area contributed by atoms with Gasteiger partial charge in [-0.3, -0.25) is 19.0 Å². The minimum Gasteiger partial charge on any atom is -0.497 e. The third kappa shape index (κ3) is 5.44. The molecule has 0 fully saturated rings. The lowest BCUT2D eigenvalue weighted by Gasteiger charge is -2.14. The van der Waals surface area contributed by atoms with Crippen molar-refractivity contribution in [2.24, 2.45) is 5.92 Å². The monoisotopic (exact) mass is 540 g/mol. The molecule has 0 unspecified atom stereocenters. The van der Waals surface area contributed by atoms with Crippen molar-refractivity contribution in [3.8, 4) is 11.4 Å². The van der Waals surface area contributed by atoms with E-state index in [4.69, 9.17) is 9.72 Å². The smallest absolute Gasteiger partial charge is 0.266 e. The van der Waals surface area contributed by atoms with Crippen molar-refractivity contribution in [3.63, 3.8) is 0 Å². The number of ether oxygens (including phenoxy) is 1. The number of benzene rings is 3. The third-order valence-electron chi connectivity index (χ3n) is 6.32. The molecule has 2 N–H and O–H groups in total. The number of carbonyl (C=O) groups is 2. The predicted molar refractivity (Wildman–Crippen MR) is 154 cm³/mol. The van der Waals surface area contributed by atoms with Crippen LogP contribution in [0.25, 0.3) is 27.5 Å². The van der Waals surface area contributed by atoms with E-state index in [-0.39, 0.29) is 23.0 Å². The number of amides is 1. The number of hydrogen-bond acceptors (Lipinski definition) is 6. The van der Waals surface area contributed by atoms with Gasteiger partial charge in [-0.1, -0.05) is 43.8 Å². The summed E-state index contributed by atoms with van der Waals surface area (Å²) in [6, 6.07) is 19.6. The molecule has 8 nitrogen and oxygen atoms in total. The molecule has 39 heavy (non-hydrogen) atoms. The Morgan fingerprint density at radius 3 is 2.56 bits per heavy atom. The highest BCUT2D eigenvalue weighted by molar-refractivity contribution is 7.99. The SMILES string of the molecule is COc1ccc(-n2c(SCC(=O)c3c[nH]c4ccccc34)nc3cc(C(=O)NCC(C)C)ccc3c2=O)cc1. The maximum Gasteiger partial charge on any atom is 0.266 e. The van der Waals surface area contributed by atoms with E-state index in [1.165, 1.54) is 16.3 Å². The van der Waals surface area contributed by atoms with Gasteiger partial charge in [-0.05, 0) is 54.4 Å². The lowest BCUT2D eigenvalue weighted by Crippen LogP contribution is -2.27. The molecular weight excluding hydrogens is 512 g/mol. The lowest BCUT2D eigenvalue weighted by molar-refractivity contribution is 0.0948. The van der Waals surface area contributed by atoms with Crippen LogP contribution < -0.4 is 15.6 Å². The van der Waals surface area contributed by atoms with Crippen molar-refractivity contribution in [1.82, 2.24) is 19.9 Å². The molecule has 0 atom stereocenters. The van der Waals surface area contributed by atoms with Gasteiger partial charge in [0.1, 0.15) is 5.75 Å². The Bertz CT molecular complexity index is 1740. The Morgan fingerprint density at radius 2 is 1.82 bits per heavy atom. The molecule has 198 valence electrons. The molecule has 0 saturated carbocycles. The summed E-state index contributed by atoms with van der Waals surface area (Å²) in [7, 11) is 1.57. The Labute approximate surface area is 229 Å². The molecule has 0 saturated heterocycles. The van der Waals surface area contributed by atoms with E-state index in [1.807, 2.05) is 38.1 Å². The van der Waals surface area contributed by atoms with Crippen molar-refractivity contribution in [2.45, 2.75) is 19.0 Å². The molecule has 2 aromatic heterocycles. The molecule has 0 aliphatic rings. The lowest BCUT2D eigenvalue weighted by atomic mass is 10.1. The topological polar surface area (TPSA) is 106 Å². The summed E-state index contributed by atoms with van der Waals surface area (Å²) in [5.74, 6) is 0.721. The van der Waals surface area contributed by atoms with E-state index in [2.05, 4.69) is 10.3 Å². The Balaban J connectivity index is 1.54. The molecule has 5 aromatic rings. The molecule has 0 aliphatic carbocycles. The van der Waals surface area contributed by atoms with E-state index < -0.39 is 0 Å². The quantitative estimate of drug-likeness (QED) is 0.151. The minimum absolute atomic E-state index is 0.0739. The van der Waals surface area contributed by atoms with Gasteiger partial charge in [0, 0.05) is 34.8 Å². The number of aromatic nitrogens is 3. The number of aromatic amines is 1. The van der Waals surface area contributed by atoms with Crippen LogP contribution in [0.4, 0.5) is 0 Å². The zero-order valence-electron chi connectivity index (χ0n) is 21.9. The first-order chi connectivity index (χ1) is 18.9. The number of nitrogens with zero attached hydrogens (tertiary/aromatic N) is 2. The van der Waals surface area contributed by atoms with Crippen LogP contribution in [0.3, 0.4) is 0 Å². The Hall–Kier alpha value is -4.37. The Kier molecular flexibility index (Phi) is 7.51. The maximum atomic E-state index is 13.7. The van der Waals surface area contributed by atoms with Gasteiger partial charge >= 0.3 is 0 Å². The maximum absolute atomic E-state index is 13.7. The third-order valence-corrected chi connectivity index (χ3v) is 7.26. The summed E-state index contributed by atoms with van der Waals surface area (Å²) in [4.78, 5) is 47.5. The predicted octanol–water partition coefficient (Wildman–Crippen LogP) is 5.24. The second-order valence-corrected chi connectivity index (χ2v) is 10.5. The van der Waals surface area contributed by atoms with Gasteiger partial charge in [-0.25, -0.2) is 4.98 Å². The molecule has 0 bridgehead atoms. The van der Waals surface area contributed by atoms with Crippen molar-refractivity contribution in [3.05, 3.63) is 94.4 Å². The van der Waals surface area contributed by atoms with E-state index in [1.54, 1.807) is 55.8 Å². The molecule has 9 heteroatoms. The summed E-state index contributed by atoms with van der Waals surface area (Å²) in [6.45, 7) is 4.58. The fourth-order valence-electron chi connectivity index (χ4n) is 4.27. The van der Waals surface area contributed by atoms with Gasteiger partial charge < -0.3 is 15.0 Å². The van der Waals surface area contributed by atoms with Crippen LogP contribution in [0.1, 0.15) is 34.6 Å². The highest BCUT2D eigenvalue weighted by Gasteiger charge is 2.18. The van der Waals surface area contributed by atoms with Crippen LogP contribution >= 0.6 is 11.8 Å². The number of fused-ring (bicyclic) bond motifs is 2. The second kappa shape index (κ2) is 11.2. The fourth-order valence-corrected chi connectivity index (χ4v) is 5.17. The van der Waals surface area contributed by atoms with Gasteiger partial charge in [0.25, 0.3) is 11.5 Å². The van der Waals surface area contributed by atoms with Gasteiger partial charge in [-0.2, -0.15) is 0 Å².